The van der Waals surface area contributed by atoms with Gasteiger partial charge in [0.1, 0.15) is 11.4 Å². The number of ether oxygens (including phenoxy) is 1. The van der Waals surface area contributed by atoms with Crippen molar-refractivity contribution in [3.05, 3.63) is 11.4 Å². The fraction of sp³-hybridized carbons (Fsp3) is 0.818. The summed E-state index contributed by atoms with van der Waals surface area (Å²) in [6.07, 6.45) is 1.12. The molecule has 0 atom stereocenters. The average molecular weight is 227 g/mol. The molecule has 0 aromatic carbocycles. The van der Waals surface area contributed by atoms with Crippen LogP contribution in [0.25, 0.3) is 0 Å². The Kier molecular flexibility index (Phi) is 6.03. The predicted molar refractivity (Wildman–Crippen MR) is 61.0 cm³/mol. The molecule has 5 nitrogen and oxygen atoms in total. The molecule has 0 radical (unpaired) electrons. The van der Waals surface area contributed by atoms with Crippen LogP contribution in [0.5, 0.6) is 0 Å². The molecule has 1 aromatic heterocycles. The van der Waals surface area contributed by atoms with Crippen molar-refractivity contribution in [2.24, 2.45) is 5.92 Å². The summed E-state index contributed by atoms with van der Waals surface area (Å²) in [6.45, 7) is 9.35. The molecule has 0 amide bonds. The first kappa shape index (κ1) is 13.1. The Bertz CT molecular complexity index is 287. The Morgan fingerprint density at radius 2 is 2.12 bits per heavy atom. The molecule has 0 bridgehead atoms. The molecule has 1 heterocycles. The quantitative estimate of drug-likeness (QED) is 0.682. The minimum atomic E-state index is 0.683. The summed E-state index contributed by atoms with van der Waals surface area (Å²) in [5.74, 6) is 0.705. The Morgan fingerprint density at radius 3 is 2.75 bits per heavy atom. The third kappa shape index (κ3) is 5.23. The van der Waals surface area contributed by atoms with E-state index in [1.165, 1.54) is 0 Å². The number of nitrogens with zero attached hydrogens (tertiary/aromatic N) is 2. The summed E-state index contributed by atoms with van der Waals surface area (Å²) in [5, 5.41) is 10.7. The Labute approximate surface area is 96.5 Å². The van der Waals surface area contributed by atoms with Crippen molar-refractivity contribution < 1.29 is 9.37 Å². The van der Waals surface area contributed by atoms with Gasteiger partial charge in [-0.05, 0) is 19.3 Å². The maximum Gasteiger partial charge on any atom is 0.121 e. The molecule has 1 aromatic rings. The normalized spacial score (nSPS) is 11.2. The largest absolute Gasteiger partial charge is 0.380 e. The van der Waals surface area contributed by atoms with Crippen molar-refractivity contribution in [3.63, 3.8) is 0 Å². The number of hydrogen-bond acceptors (Lipinski definition) is 5. The first-order valence-corrected chi connectivity index (χ1v) is 5.76. The van der Waals surface area contributed by atoms with Crippen molar-refractivity contribution in [2.75, 3.05) is 19.8 Å². The molecule has 0 aliphatic heterocycles. The fourth-order valence-electron chi connectivity index (χ4n) is 1.18. The summed E-state index contributed by atoms with van der Waals surface area (Å²) in [4.78, 5) is 0. The molecule has 1 rings (SSSR count). The zero-order valence-corrected chi connectivity index (χ0v) is 10.3. The van der Waals surface area contributed by atoms with Crippen LogP contribution in [0.4, 0.5) is 0 Å². The van der Waals surface area contributed by atoms with Crippen molar-refractivity contribution in [2.45, 2.75) is 33.7 Å². The van der Waals surface area contributed by atoms with E-state index in [-0.39, 0.29) is 0 Å². The molecule has 0 unspecified atom stereocenters. The molecule has 1 N–H and O–H groups in total. The second-order valence-corrected chi connectivity index (χ2v) is 4.27. The molecule has 0 spiro atoms. The molecule has 0 saturated heterocycles. The van der Waals surface area contributed by atoms with Crippen molar-refractivity contribution >= 4 is 0 Å². The highest BCUT2D eigenvalue weighted by atomic mass is 16.6. The molecule has 92 valence electrons. The molecule has 5 heteroatoms. The van der Waals surface area contributed by atoms with Crippen LogP contribution in [0.2, 0.25) is 0 Å². The topological polar surface area (TPSA) is 60.2 Å². The van der Waals surface area contributed by atoms with Crippen LogP contribution in [0, 0.1) is 12.8 Å². The van der Waals surface area contributed by atoms with Crippen LogP contribution in [-0.4, -0.2) is 30.1 Å². The van der Waals surface area contributed by atoms with E-state index >= 15 is 0 Å². The predicted octanol–water partition coefficient (Wildman–Crippen LogP) is 1.53. The zero-order chi connectivity index (χ0) is 11.8. The van der Waals surface area contributed by atoms with E-state index in [4.69, 9.17) is 4.74 Å². The van der Waals surface area contributed by atoms with Crippen LogP contribution in [0.3, 0.4) is 0 Å². The van der Waals surface area contributed by atoms with E-state index < -0.39 is 0 Å². The van der Waals surface area contributed by atoms with Gasteiger partial charge in [-0.3, -0.25) is 0 Å². The lowest BCUT2D eigenvalue weighted by Crippen LogP contribution is -2.20. The van der Waals surface area contributed by atoms with E-state index in [1.807, 2.05) is 6.92 Å². The van der Waals surface area contributed by atoms with Gasteiger partial charge in [-0.2, -0.15) is 0 Å². The molecule has 0 aliphatic carbocycles. The van der Waals surface area contributed by atoms with Crippen LogP contribution >= 0.6 is 0 Å². The van der Waals surface area contributed by atoms with Gasteiger partial charge in [0.25, 0.3) is 0 Å². The molecule has 0 saturated carbocycles. The number of hydrogen-bond donors (Lipinski definition) is 1. The minimum Gasteiger partial charge on any atom is -0.380 e. The Balaban J connectivity index is 1.94. The van der Waals surface area contributed by atoms with Gasteiger partial charge >= 0.3 is 0 Å². The average Bonchev–Trinajstić information content (AvgIpc) is 2.62. The molecule has 0 aliphatic rings. The van der Waals surface area contributed by atoms with E-state index in [9.17, 15) is 0 Å². The van der Waals surface area contributed by atoms with E-state index in [2.05, 4.69) is 34.1 Å². The molecular weight excluding hydrogens is 206 g/mol. The standard InChI is InChI=1S/C11H21N3O2/c1-9(2)4-6-15-7-5-12-8-11-10(3)13-16-14-11/h9,12H,4-8H2,1-3H3. The summed E-state index contributed by atoms with van der Waals surface area (Å²) >= 11 is 0. The van der Waals surface area contributed by atoms with Gasteiger partial charge in [0, 0.05) is 19.7 Å². The third-order valence-corrected chi connectivity index (χ3v) is 2.30. The van der Waals surface area contributed by atoms with Gasteiger partial charge in [-0.25, -0.2) is 4.63 Å². The summed E-state index contributed by atoms with van der Waals surface area (Å²) in [7, 11) is 0. The van der Waals surface area contributed by atoms with Crippen molar-refractivity contribution in [3.8, 4) is 0 Å². The number of aryl methyl sites for hydroxylation is 1. The summed E-state index contributed by atoms with van der Waals surface area (Å²) < 4.78 is 10.1. The smallest absolute Gasteiger partial charge is 0.121 e. The van der Waals surface area contributed by atoms with Crippen molar-refractivity contribution in [1.82, 2.24) is 15.6 Å². The van der Waals surface area contributed by atoms with Gasteiger partial charge in [0.05, 0.1) is 6.61 Å². The second-order valence-electron chi connectivity index (χ2n) is 4.27. The lowest BCUT2D eigenvalue weighted by molar-refractivity contribution is 0.125. The van der Waals surface area contributed by atoms with Crippen LogP contribution in [0.1, 0.15) is 31.7 Å². The molecule has 16 heavy (non-hydrogen) atoms. The Morgan fingerprint density at radius 1 is 1.31 bits per heavy atom. The monoisotopic (exact) mass is 227 g/mol. The SMILES string of the molecule is Cc1nonc1CNCCOCCC(C)C. The van der Waals surface area contributed by atoms with Crippen LogP contribution < -0.4 is 5.32 Å². The van der Waals surface area contributed by atoms with Crippen LogP contribution in [-0.2, 0) is 11.3 Å². The fourth-order valence-corrected chi connectivity index (χ4v) is 1.18. The number of rotatable bonds is 8. The summed E-state index contributed by atoms with van der Waals surface area (Å²) in [5.41, 5.74) is 1.70. The van der Waals surface area contributed by atoms with Gasteiger partial charge in [0.15, 0.2) is 0 Å². The molecule has 0 fully saturated rings. The Hall–Kier alpha value is -0.940. The van der Waals surface area contributed by atoms with Crippen molar-refractivity contribution in [1.29, 1.82) is 0 Å². The highest BCUT2D eigenvalue weighted by molar-refractivity contribution is 5.03. The number of aromatic nitrogens is 2. The van der Waals surface area contributed by atoms with Gasteiger partial charge in [-0.15, -0.1) is 0 Å². The van der Waals surface area contributed by atoms with E-state index in [1.54, 1.807) is 0 Å². The number of nitrogens with one attached hydrogen (secondary N) is 1. The van der Waals surface area contributed by atoms with E-state index in [0.717, 1.165) is 37.6 Å². The van der Waals surface area contributed by atoms with Gasteiger partial charge < -0.3 is 10.1 Å². The lowest BCUT2D eigenvalue weighted by Gasteiger charge is -2.06. The first-order valence-electron chi connectivity index (χ1n) is 5.76. The highest BCUT2D eigenvalue weighted by Crippen LogP contribution is 1.99. The maximum absolute atomic E-state index is 5.47. The second kappa shape index (κ2) is 7.35. The van der Waals surface area contributed by atoms with E-state index in [0.29, 0.717) is 12.5 Å². The van der Waals surface area contributed by atoms with Gasteiger partial charge in [-0.1, -0.05) is 24.2 Å². The third-order valence-electron chi connectivity index (χ3n) is 2.30. The van der Waals surface area contributed by atoms with Gasteiger partial charge in [0.2, 0.25) is 0 Å². The highest BCUT2D eigenvalue weighted by Gasteiger charge is 2.03. The minimum absolute atomic E-state index is 0.683. The zero-order valence-electron chi connectivity index (χ0n) is 10.3. The summed E-state index contributed by atoms with van der Waals surface area (Å²) in [6, 6.07) is 0. The lowest BCUT2D eigenvalue weighted by atomic mass is 10.1. The first-order chi connectivity index (χ1) is 7.70. The van der Waals surface area contributed by atoms with Crippen LogP contribution in [0.15, 0.2) is 4.63 Å². The molecular formula is C11H21N3O2. The maximum atomic E-state index is 5.47.